The van der Waals surface area contributed by atoms with Crippen LogP contribution in [0.3, 0.4) is 0 Å². The first-order valence-electron chi connectivity index (χ1n) is 8.62. The van der Waals surface area contributed by atoms with Crippen LogP contribution in [-0.4, -0.2) is 45.6 Å². The van der Waals surface area contributed by atoms with Gasteiger partial charge < -0.3 is 10.2 Å². The molecule has 7 heteroatoms. The summed E-state index contributed by atoms with van der Waals surface area (Å²) in [7, 11) is 0. The third-order valence-electron chi connectivity index (χ3n) is 4.73. The number of pyridine rings is 1. The quantitative estimate of drug-likeness (QED) is 0.723. The van der Waals surface area contributed by atoms with Crippen LogP contribution in [0.2, 0.25) is 0 Å². The van der Waals surface area contributed by atoms with Crippen molar-refractivity contribution in [2.75, 3.05) is 19.6 Å². The summed E-state index contributed by atoms with van der Waals surface area (Å²) in [5.74, 6) is 0.521. The average Bonchev–Trinajstić information content (AvgIpc) is 3.32. The van der Waals surface area contributed by atoms with Gasteiger partial charge in [-0.3, -0.25) is 14.9 Å². The molecule has 1 saturated heterocycles. The lowest BCUT2D eigenvalue weighted by atomic mass is 10.1. The summed E-state index contributed by atoms with van der Waals surface area (Å²) in [5.41, 5.74) is 2.51. The van der Waals surface area contributed by atoms with Gasteiger partial charge in [0.1, 0.15) is 0 Å². The highest BCUT2D eigenvalue weighted by molar-refractivity contribution is 6.05. The minimum absolute atomic E-state index is 0. The molecule has 0 saturated carbocycles. The Morgan fingerprint density at radius 3 is 2.92 bits per heavy atom. The molecular weight excluding hydrogens is 350 g/mol. The summed E-state index contributed by atoms with van der Waals surface area (Å²) < 4.78 is 0. The van der Waals surface area contributed by atoms with E-state index in [1.54, 1.807) is 12.4 Å². The van der Waals surface area contributed by atoms with Gasteiger partial charge in [-0.15, -0.1) is 12.4 Å². The molecular formula is C19H22ClN5O. The number of carbonyl (C=O) groups excluding carboxylic acids is 1. The average molecular weight is 372 g/mol. The van der Waals surface area contributed by atoms with E-state index in [0.717, 1.165) is 42.5 Å². The van der Waals surface area contributed by atoms with Gasteiger partial charge in [0.2, 0.25) is 0 Å². The molecule has 0 spiro atoms. The molecule has 3 aromatic rings. The lowest BCUT2D eigenvalue weighted by Gasteiger charge is -2.26. The molecule has 1 amide bonds. The van der Waals surface area contributed by atoms with Gasteiger partial charge in [0.25, 0.3) is 5.91 Å². The van der Waals surface area contributed by atoms with Crippen LogP contribution in [0.1, 0.15) is 22.3 Å². The van der Waals surface area contributed by atoms with Crippen LogP contribution in [0.5, 0.6) is 0 Å². The zero-order valence-electron chi connectivity index (χ0n) is 14.4. The molecule has 1 unspecified atom stereocenters. The van der Waals surface area contributed by atoms with E-state index in [9.17, 15) is 4.79 Å². The van der Waals surface area contributed by atoms with Gasteiger partial charge in [-0.05, 0) is 43.1 Å². The number of hydrogen-bond acceptors (Lipinski definition) is 4. The normalized spacial score (nSPS) is 16.4. The molecule has 1 aliphatic rings. The zero-order valence-corrected chi connectivity index (χ0v) is 15.2. The minimum atomic E-state index is 0. The fraction of sp³-hybridized carbons (Fsp3) is 0.316. The van der Waals surface area contributed by atoms with E-state index in [-0.39, 0.29) is 18.3 Å². The van der Waals surface area contributed by atoms with Crippen molar-refractivity contribution in [3.63, 3.8) is 0 Å². The Bertz CT molecular complexity index is 861. The number of halogens is 1. The van der Waals surface area contributed by atoms with E-state index in [1.165, 1.54) is 0 Å². The van der Waals surface area contributed by atoms with Gasteiger partial charge in [0.05, 0.1) is 17.3 Å². The lowest BCUT2D eigenvalue weighted by molar-refractivity contribution is 0.0720. The maximum Gasteiger partial charge on any atom is 0.256 e. The summed E-state index contributed by atoms with van der Waals surface area (Å²) in [4.78, 5) is 19.4. The Labute approximate surface area is 158 Å². The standard InChI is InChI=1S/C19H21N5O.ClH/c25-19(17-5-1-4-16-11-22-23-18(16)17)24(13-15-6-8-21-10-15)12-14-3-2-7-20-9-14;/h1-5,7,9,11,15,21H,6,8,10,12-13H2,(H,22,23);1H. The summed E-state index contributed by atoms with van der Waals surface area (Å²) in [5, 5.41) is 11.4. The molecule has 0 bridgehead atoms. The first-order chi connectivity index (χ1) is 12.3. The van der Waals surface area contributed by atoms with Gasteiger partial charge in [0.15, 0.2) is 0 Å². The van der Waals surface area contributed by atoms with E-state index in [4.69, 9.17) is 0 Å². The van der Waals surface area contributed by atoms with Gasteiger partial charge in [-0.25, -0.2) is 0 Å². The van der Waals surface area contributed by atoms with Crippen molar-refractivity contribution < 1.29 is 4.79 Å². The maximum absolute atomic E-state index is 13.3. The number of carbonyl (C=O) groups is 1. The SMILES string of the molecule is Cl.O=C(c1cccc2cn[nH]c12)N(Cc1cccnc1)CC1CCNC1. The molecule has 4 rings (SSSR count). The maximum atomic E-state index is 13.3. The van der Waals surface area contributed by atoms with Crippen LogP contribution >= 0.6 is 12.4 Å². The van der Waals surface area contributed by atoms with Crippen LogP contribution in [0, 0.1) is 5.92 Å². The van der Waals surface area contributed by atoms with E-state index >= 15 is 0 Å². The Hall–Kier alpha value is -2.44. The molecule has 1 aromatic carbocycles. The highest BCUT2D eigenvalue weighted by Crippen LogP contribution is 2.20. The molecule has 3 heterocycles. The molecule has 6 nitrogen and oxygen atoms in total. The Kier molecular flexibility index (Phi) is 5.85. The predicted octanol–water partition coefficient (Wildman–Crippen LogP) is 2.63. The molecule has 0 aliphatic carbocycles. The van der Waals surface area contributed by atoms with Gasteiger partial charge in [0, 0.05) is 30.9 Å². The summed E-state index contributed by atoms with van der Waals surface area (Å²) in [6.45, 7) is 3.29. The van der Waals surface area contributed by atoms with Crippen LogP contribution in [0.25, 0.3) is 10.9 Å². The van der Waals surface area contributed by atoms with Gasteiger partial charge in [-0.1, -0.05) is 18.2 Å². The van der Waals surface area contributed by atoms with E-state index < -0.39 is 0 Å². The second kappa shape index (κ2) is 8.29. The number of aromatic nitrogens is 3. The van der Waals surface area contributed by atoms with Crippen LogP contribution in [0.4, 0.5) is 0 Å². The number of para-hydroxylation sites is 1. The van der Waals surface area contributed by atoms with Crippen molar-refractivity contribution in [3.8, 4) is 0 Å². The highest BCUT2D eigenvalue weighted by atomic mass is 35.5. The lowest BCUT2D eigenvalue weighted by Crippen LogP contribution is -2.35. The van der Waals surface area contributed by atoms with E-state index in [1.807, 2.05) is 41.4 Å². The van der Waals surface area contributed by atoms with Gasteiger partial charge >= 0.3 is 0 Å². The summed E-state index contributed by atoms with van der Waals surface area (Å²) in [6, 6.07) is 9.65. The van der Waals surface area contributed by atoms with Crippen molar-refractivity contribution in [1.29, 1.82) is 0 Å². The molecule has 1 aliphatic heterocycles. The van der Waals surface area contributed by atoms with Crippen LogP contribution in [-0.2, 0) is 6.54 Å². The molecule has 26 heavy (non-hydrogen) atoms. The minimum Gasteiger partial charge on any atom is -0.334 e. The number of H-pyrrole nitrogens is 1. The third-order valence-corrected chi connectivity index (χ3v) is 4.73. The van der Waals surface area contributed by atoms with E-state index in [2.05, 4.69) is 20.5 Å². The zero-order chi connectivity index (χ0) is 17.1. The first kappa shape index (κ1) is 18.4. The fourth-order valence-electron chi connectivity index (χ4n) is 3.43. The summed E-state index contributed by atoms with van der Waals surface area (Å²) in [6.07, 6.45) is 6.43. The molecule has 136 valence electrons. The summed E-state index contributed by atoms with van der Waals surface area (Å²) >= 11 is 0. The van der Waals surface area contributed by atoms with Crippen molar-refractivity contribution >= 4 is 29.2 Å². The second-order valence-electron chi connectivity index (χ2n) is 6.55. The monoisotopic (exact) mass is 371 g/mol. The molecule has 1 atom stereocenters. The number of fused-ring (bicyclic) bond motifs is 1. The number of rotatable bonds is 5. The number of benzene rings is 1. The largest absolute Gasteiger partial charge is 0.334 e. The third kappa shape index (κ3) is 3.86. The molecule has 2 N–H and O–H groups in total. The second-order valence-corrected chi connectivity index (χ2v) is 6.55. The first-order valence-corrected chi connectivity index (χ1v) is 8.62. The van der Waals surface area contributed by atoms with Crippen molar-refractivity contribution in [3.05, 3.63) is 60.0 Å². The Balaban J connectivity index is 0.00000196. The number of hydrogen-bond donors (Lipinski definition) is 2. The van der Waals surface area contributed by atoms with Crippen molar-refractivity contribution in [1.82, 2.24) is 25.4 Å². The number of nitrogens with one attached hydrogen (secondary N) is 2. The smallest absolute Gasteiger partial charge is 0.256 e. The van der Waals surface area contributed by atoms with Crippen LogP contribution < -0.4 is 5.32 Å². The number of aromatic amines is 1. The fourth-order valence-corrected chi connectivity index (χ4v) is 3.43. The van der Waals surface area contributed by atoms with E-state index in [0.29, 0.717) is 18.0 Å². The number of nitrogens with zero attached hydrogens (tertiary/aromatic N) is 3. The van der Waals surface area contributed by atoms with Gasteiger partial charge in [-0.2, -0.15) is 5.10 Å². The molecule has 0 radical (unpaired) electrons. The Morgan fingerprint density at radius 2 is 2.15 bits per heavy atom. The highest BCUT2D eigenvalue weighted by Gasteiger charge is 2.24. The Morgan fingerprint density at radius 1 is 1.23 bits per heavy atom. The van der Waals surface area contributed by atoms with Crippen molar-refractivity contribution in [2.24, 2.45) is 5.92 Å². The topological polar surface area (TPSA) is 73.9 Å². The number of amides is 1. The molecule has 2 aromatic heterocycles. The molecule has 1 fully saturated rings. The van der Waals surface area contributed by atoms with Crippen molar-refractivity contribution in [2.45, 2.75) is 13.0 Å². The predicted molar refractivity (Wildman–Crippen MR) is 103 cm³/mol. The van der Waals surface area contributed by atoms with Crippen LogP contribution in [0.15, 0.2) is 48.9 Å².